The highest BCUT2D eigenvalue weighted by molar-refractivity contribution is 6.31. The first kappa shape index (κ1) is 14.7. The van der Waals surface area contributed by atoms with E-state index in [4.69, 9.17) is 11.6 Å². The van der Waals surface area contributed by atoms with Gasteiger partial charge < -0.3 is 10.6 Å². The third kappa shape index (κ3) is 2.89. The van der Waals surface area contributed by atoms with Gasteiger partial charge in [-0.3, -0.25) is 4.79 Å². The van der Waals surface area contributed by atoms with Gasteiger partial charge in [0.15, 0.2) is 0 Å². The van der Waals surface area contributed by atoms with Crippen molar-refractivity contribution in [2.24, 2.45) is 17.8 Å². The minimum absolute atomic E-state index is 0.0304. The van der Waals surface area contributed by atoms with Crippen molar-refractivity contribution in [2.75, 3.05) is 12.4 Å². The molecule has 2 aliphatic rings. The second kappa shape index (κ2) is 5.88. The molecule has 114 valence electrons. The van der Waals surface area contributed by atoms with Crippen LogP contribution in [-0.4, -0.2) is 19.0 Å². The lowest BCUT2D eigenvalue weighted by molar-refractivity contribution is 0.0916. The number of nitrogens with one attached hydrogen (secondary N) is 2. The van der Waals surface area contributed by atoms with Gasteiger partial charge >= 0.3 is 0 Å². The van der Waals surface area contributed by atoms with E-state index in [9.17, 15) is 4.79 Å². The van der Waals surface area contributed by atoms with Crippen LogP contribution in [-0.2, 0) is 0 Å². The van der Waals surface area contributed by atoms with Crippen LogP contribution in [0.3, 0.4) is 0 Å². The number of hydrogen-bond acceptors (Lipinski definition) is 2. The lowest BCUT2D eigenvalue weighted by atomic mass is 9.84. The normalized spacial score (nSPS) is 28.4. The molecule has 0 spiro atoms. The molecule has 0 heterocycles. The summed E-state index contributed by atoms with van der Waals surface area (Å²) in [5, 5.41) is 6.83. The highest BCUT2D eigenvalue weighted by atomic mass is 35.5. The topological polar surface area (TPSA) is 41.1 Å². The van der Waals surface area contributed by atoms with Gasteiger partial charge in [0.2, 0.25) is 0 Å². The summed E-state index contributed by atoms with van der Waals surface area (Å²) in [5.74, 6) is 2.33. The molecule has 1 amide bonds. The van der Waals surface area contributed by atoms with E-state index in [1.165, 1.54) is 25.7 Å². The molecular formula is C17H23ClN2O. The lowest BCUT2D eigenvalue weighted by Gasteiger charge is -2.28. The van der Waals surface area contributed by atoms with Gasteiger partial charge in [-0.1, -0.05) is 18.0 Å². The number of carbonyl (C=O) groups is 1. The van der Waals surface area contributed by atoms with E-state index in [0.717, 1.165) is 17.5 Å². The molecule has 0 radical (unpaired) electrons. The average molecular weight is 307 g/mol. The van der Waals surface area contributed by atoms with Gasteiger partial charge in [-0.2, -0.15) is 0 Å². The molecule has 2 aliphatic carbocycles. The summed E-state index contributed by atoms with van der Waals surface area (Å²) in [4.78, 5) is 12.5. The van der Waals surface area contributed by atoms with Crippen molar-refractivity contribution in [1.29, 1.82) is 0 Å². The van der Waals surface area contributed by atoms with Crippen molar-refractivity contribution in [3.05, 3.63) is 28.8 Å². The SMILES string of the molecule is CNc1ccc(Cl)cc1C(=O)NC(C)C1CC2CCC1C2. The van der Waals surface area contributed by atoms with Crippen LogP contribution in [0.5, 0.6) is 0 Å². The maximum atomic E-state index is 12.5. The Morgan fingerprint density at radius 3 is 2.76 bits per heavy atom. The van der Waals surface area contributed by atoms with E-state index >= 15 is 0 Å². The minimum atomic E-state index is -0.0304. The van der Waals surface area contributed by atoms with Gasteiger partial charge in [-0.05, 0) is 62.1 Å². The highest BCUT2D eigenvalue weighted by Crippen LogP contribution is 2.49. The fraction of sp³-hybridized carbons (Fsp3) is 0.588. The van der Waals surface area contributed by atoms with Gasteiger partial charge in [0.05, 0.1) is 5.56 Å². The van der Waals surface area contributed by atoms with E-state index in [0.29, 0.717) is 16.5 Å². The molecule has 3 rings (SSSR count). The monoisotopic (exact) mass is 306 g/mol. The Morgan fingerprint density at radius 1 is 1.33 bits per heavy atom. The van der Waals surface area contributed by atoms with Gasteiger partial charge in [-0.15, -0.1) is 0 Å². The van der Waals surface area contributed by atoms with Crippen molar-refractivity contribution in [3.8, 4) is 0 Å². The first-order valence-electron chi connectivity index (χ1n) is 7.86. The number of benzene rings is 1. The number of rotatable bonds is 4. The summed E-state index contributed by atoms with van der Waals surface area (Å²) >= 11 is 6.03. The predicted molar refractivity (Wildman–Crippen MR) is 86.9 cm³/mol. The van der Waals surface area contributed by atoms with Gasteiger partial charge in [0.25, 0.3) is 5.91 Å². The fourth-order valence-corrected chi connectivity index (χ4v) is 4.39. The van der Waals surface area contributed by atoms with Crippen LogP contribution >= 0.6 is 11.6 Å². The molecule has 0 saturated heterocycles. The molecule has 2 fully saturated rings. The minimum Gasteiger partial charge on any atom is -0.387 e. The maximum Gasteiger partial charge on any atom is 0.253 e. The average Bonchev–Trinajstić information content (AvgIpc) is 3.09. The molecule has 1 aromatic rings. The summed E-state index contributed by atoms with van der Waals surface area (Å²) in [6.45, 7) is 2.15. The van der Waals surface area contributed by atoms with E-state index in [1.807, 2.05) is 13.1 Å². The fourth-order valence-electron chi connectivity index (χ4n) is 4.22. The number of amides is 1. The summed E-state index contributed by atoms with van der Waals surface area (Å²) in [6.07, 6.45) is 5.37. The van der Waals surface area contributed by atoms with E-state index in [-0.39, 0.29) is 11.9 Å². The third-order valence-corrected chi connectivity index (χ3v) is 5.52. The Hall–Kier alpha value is -1.22. The predicted octanol–water partition coefficient (Wildman–Crippen LogP) is 3.94. The molecule has 21 heavy (non-hydrogen) atoms. The molecule has 4 heteroatoms. The van der Waals surface area contributed by atoms with Gasteiger partial charge in [0.1, 0.15) is 0 Å². The Kier molecular flexibility index (Phi) is 4.12. The smallest absolute Gasteiger partial charge is 0.253 e. The molecule has 0 aromatic heterocycles. The zero-order chi connectivity index (χ0) is 15.0. The summed E-state index contributed by atoms with van der Waals surface area (Å²) in [6, 6.07) is 5.61. The summed E-state index contributed by atoms with van der Waals surface area (Å²) in [7, 11) is 1.82. The van der Waals surface area contributed by atoms with Crippen LogP contribution in [0, 0.1) is 17.8 Å². The standard InChI is InChI=1S/C17H23ClN2O/c1-10(14-8-11-3-4-12(14)7-11)20-17(21)15-9-13(18)5-6-16(15)19-2/h5-6,9-12,14,19H,3-4,7-8H2,1-2H3,(H,20,21). The second-order valence-corrected chi connectivity index (χ2v) is 6.98. The van der Waals surface area contributed by atoms with Crippen molar-refractivity contribution in [1.82, 2.24) is 5.32 Å². The quantitative estimate of drug-likeness (QED) is 0.884. The van der Waals surface area contributed by atoms with Crippen LogP contribution in [0.4, 0.5) is 5.69 Å². The molecule has 0 aliphatic heterocycles. The maximum absolute atomic E-state index is 12.5. The molecule has 1 aromatic carbocycles. The number of hydrogen-bond donors (Lipinski definition) is 2. The number of carbonyl (C=O) groups excluding carboxylic acids is 1. The van der Waals surface area contributed by atoms with Crippen molar-refractivity contribution in [3.63, 3.8) is 0 Å². The van der Waals surface area contributed by atoms with Crippen LogP contribution in [0.1, 0.15) is 43.0 Å². The van der Waals surface area contributed by atoms with Crippen molar-refractivity contribution < 1.29 is 4.79 Å². The highest BCUT2D eigenvalue weighted by Gasteiger charge is 2.42. The van der Waals surface area contributed by atoms with Gasteiger partial charge in [0, 0.05) is 23.8 Å². The van der Waals surface area contributed by atoms with Crippen LogP contribution < -0.4 is 10.6 Å². The molecule has 2 saturated carbocycles. The van der Waals surface area contributed by atoms with Gasteiger partial charge in [-0.25, -0.2) is 0 Å². The van der Waals surface area contributed by atoms with Crippen LogP contribution in [0.2, 0.25) is 5.02 Å². The lowest BCUT2D eigenvalue weighted by Crippen LogP contribution is -2.40. The molecule has 3 nitrogen and oxygen atoms in total. The van der Waals surface area contributed by atoms with E-state index in [1.54, 1.807) is 12.1 Å². The van der Waals surface area contributed by atoms with Crippen molar-refractivity contribution >= 4 is 23.2 Å². The Bertz CT molecular complexity index is 546. The zero-order valence-electron chi connectivity index (χ0n) is 12.7. The second-order valence-electron chi connectivity index (χ2n) is 6.54. The number of halogens is 1. The third-order valence-electron chi connectivity index (χ3n) is 5.29. The first-order chi connectivity index (χ1) is 10.1. The molecular weight excluding hydrogens is 284 g/mol. The van der Waals surface area contributed by atoms with Crippen LogP contribution in [0.25, 0.3) is 0 Å². The Balaban J connectivity index is 1.70. The molecule has 4 atom stereocenters. The molecule has 2 N–H and O–H groups in total. The number of anilines is 1. The summed E-state index contributed by atoms with van der Waals surface area (Å²) < 4.78 is 0. The largest absolute Gasteiger partial charge is 0.387 e. The number of fused-ring (bicyclic) bond motifs is 2. The van der Waals surface area contributed by atoms with Crippen LogP contribution in [0.15, 0.2) is 18.2 Å². The van der Waals surface area contributed by atoms with Crippen molar-refractivity contribution in [2.45, 2.75) is 38.6 Å². The molecule has 2 bridgehead atoms. The Labute approximate surface area is 131 Å². The summed E-state index contributed by atoms with van der Waals surface area (Å²) in [5.41, 5.74) is 1.44. The van der Waals surface area contributed by atoms with E-state index < -0.39 is 0 Å². The first-order valence-corrected chi connectivity index (χ1v) is 8.24. The zero-order valence-corrected chi connectivity index (χ0v) is 13.4. The molecule has 4 unspecified atom stereocenters. The van der Waals surface area contributed by atoms with E-state index in [2.05, 4.69) is 17.6 Å². The Morgan fingerprint density at radius 2 is 2.14 bits per heavy atom.